The highest BCUT2D eigenvalue weighted by molar-refractivity contribution is 6.57. The van der Waals surface area contributed by atoms with Gasteiger partial charge in [-0.15, -0.1) is 9.13 Å². The third-order valence-electron chi connectivity index (χ3n) is 8.68. The normalized spacial score (nSPS) is 11.8. The van der Waals surface area contributed by atoms with Crippen LogP contribution in [-0.2, 0) is 48.6 Å². The first-order chi connectivity index (χ1) is 31.9. The van der Waals surface area contributed by atoms with Gasteiger partial charge < -0.3 is 57.8 Å². The van der Waals surface area contributed by atoms with Gasteiger partial charge in [0.15, 0.2) is 0 Å². The lowest BCUT2D eigenvalue weighted by Crippen LogP contribution is -3.00. The van der Waals surface area contributed by atoms with Crippen LogP contribution in [0.1, 0.15) is 89.0 Å². The van der Waals surface area contributed by atoms with E-state index >= 15 is 0 Å². The van der Waals surface area contributed by atoms with E-state index < -0.39 is 30.6 Å². The monoisotopic (exact) mass is 1030 g/mol. The number of para-hydroxylation sites is 1. The zero-order valence-electron chi connectivity index (χ0n) is 40.9. The van der Waals surface area contributed by atoms with Gasteiger partial charge in [-0.2, -0.15) is 14.2 Å². The van der Waals surface area contributed by atoms with E-state index in [9.17, 15) is 55.2 Å². The number of benzene rings is 2. The SMILES string of the molecule is C.CC(=O)n1cc[n+](C)c1.C[B-](F)(F)F.C[B-](F)(F)F.C[n+]1ccn(C(=O)OCc2ccccc2)c1.Cc1n(C(=O)OC(C)(C)C)cc[n+]1C.O=C(NC1CCCCC1)OCc1ccccc1[N+](=O)[O-].[Cl-]. The van der Waals surface area contributed by atoms with Crippen LogP contribution >= 0.6 is 0 Å². The second-order valence-corrected chi connectivity index (χ2v) is 16.6. The lowest BCUT2D eigenvalue weighted by molar-refractivity contribution is -0.676. The summed E-state index contributed by atoms with van der Waals surface area (Å²) >= 11 is 0. The van der Waals surface area contributed by atoms with Gasteiger partial charge in [0.25, 0.3) is 24.2 Å². The zero-order valence-corrected chi connectivity index (χ0v) is 41.7. The molecule has 0 unspecified atom stereocenters. The van der Waals surface area contributed by atoms with Crippen LogP contribution in [0.3, 0.4) is 0 Å². The fourth-order valence-corrected chi connectivity index (χ4v) is 5.45. The fraction of sp³-hybridized carbons (Fsp3) is 0.444. The first kappa shape index (κ1) is 66.4. The van der Waals surface area contributed by atoms with Gasteiger partial charge in [0.1, 0.15) is 56.0 Å². The van der Waals surface area contributed by atoms with Crippen molar-refractivity contribution in [2.24, 2.45) is 21.1 Å². The molecule has 0 saturated heterocycles. The number of imidazole rings is 3. The molecular weight excluding hydrogens is 968 g/mol. The largest absolute Gasteiger partial charge is 1.00 e. The van der Waals surface area contributed by atoms with Crippen LogP contribution in [-0.4, -0.2) is 68.4 Å². The highest BCUT2D eigenvalue weighted by Crippen LogP contribution is 2.20. The van der Waals surface area contributed by atoms with Gasteiger partial charge in [-0.05, 0) is 45.2 Å². The summed E-state index contributed by atoms with van der Waals surface area (Å²) in [5, 5.41) is 13.6. The van der Waals surface area contributed by atoms with E-state index in [2.05, 4.69) is 5.32 Å². The third-order valence-corrected chi connectivity index (χ3v) is 8.68. The van der Waals surface area contributed by atoms with Crippen molar-refractivity contribution in [3.8, 4) is 0 Å². The number of ether oxygens (including phenoxy) is 3. The summed E-state index contributed by atoms with van der Waals surface area (Å²) in [5.41, 5.74) is 0.897. The third kappa shape index (κ3) is 32.0. The Morgan fingerprint density at radius 3 is 1.68 bits per heavy atom. The van der Waals surface area contributed by atoms with Gasteiger partial charge in [0, 0.05) is 26.0 Å². The lowest BCUT2D eigenvalue weighted by atomic mass is 9.96. The molecule has 0 atom stereocenters. The van der Waals surface area contributed by atoms with Crippen molar-refractivity contribution in [1.29, 1.82) is 0 Å². The number of nitrogens with one attached hydrogen (secondary N) is 1. The number of amides is 1. The average molecular weight is 1040 g/mol. The molecule has 26 heteroatoms. The minimum Gasteiger partial charge on any atom is -1.00 e. The van der Waals surface area contributed by atoms with E-state index in [1.807, 2.05) is 101 Å². The predicted molar refractivity (Wildman–Crippen MR) is 251 cm³/mol. The second kappa shape index (κ2) is 32.3. The molecular formula is C45H67B2ClF6N8O9. The molecule has 71 heavy (non-hydrogen) atoms. The molecule has 17 nitrogen and oxygen atoms in total. The molecule has 0 bridgehead atoms. The van der Waals surface area contributed by atoms with Gasteiger partial charge in [0.2, 0.25) is 0 Å². The molecule has 5 aromatic rings. The van der Waals surface area contributed by atoms with Gasteiger partial charge in [-0.3, -0.25) is 10.1 Å². The van der Waals surface area contributed by atoms with Crippen LogP contribution in [0.15, 0.2) is 104 Å². The molecule has 1 N–H and O–H groups in total. The number of carbonyl (C=O) groups excluding carboxylic acids is 4. The number of hydrogen-bond acceptors (Lipinski definition) is 9. The Bertz CT molecular complexity index is 2350. The topological polar surface area (TPSA) is 178 Å². The molecule has 3 heterocycles. The van der Waals surface area contributed by atoms with E-state index in [1.54, 1.807) is 60.2 Å². The van der Waals surface area contributed by atoms with Crippen molar-refractivity contribution in [2.45, 2.75) is 113 Å². The molecule has 0 radical (unpaired) electrons. The minimum atomic E-state index is -4.50. The second-order valence-electron chi connectivity index (χ2n) is 16.6. The number of nitrogens with zero attached hydrogens (tertiary/aromatic N) is 7. The number of nitro benzene ring substituents is 1. The summed E-state index contributed by atoms with van der Waals surface area (Å²) in [6.45, 7) is 0.651. The Morgan fingerprint density at radius 1 is 0.761 bits per heavy atom. The lowest BCUT2D eigenvalue weighted by Gasteiger charge is -2.22. The van der Waals surface area contributed by atoms with Crippen LogP contribution in [0.2, 0.25) is 13.6 Å². The van der Waals surface area contributed by atoms with Crippen LogP contribution < -0.4 is 31.4 Å². The molecule has 1 amide bonds. The highest BCUT2D eigenvalue weighted by Gasteiger charge is 2.25. The minimum absolute atomic E-state index is 0. The van der Waals surface area contributed by atoms with Gasteiger partial charge in [-0.25, -0.2) is 23.3 Å². The molecule has 3 aromatic heterocycles. The van der Waals surface area contributed by atoms with Crippen LogP contribution in [0.25, 0.3) is 0 Å². The molecule has 6 rings (SSSR count). The van der Waals surface area contributed by atoms with Crippen molar-refractivity contribution in [2.75, 3.05) is 0 Å². The number of alkyl carbamates (subject to hydrolysis) is 1. The Kier molecular flexibility index (Phi) is 30.2. The highest BCUT2D eigenvalue weighted by atomic mass is 35.5. The molecule has 0 aliphatic heterocycles. The van der Waals surface area contributed by atoms with Crippen molar-refractivity contribution in [1.82, 2.24) is 19.0 Å². The number of aromatic nitrogens is 6. The maximum Gasteiger partial charge on any atom is 0.512 e. The summed E-state index contributed by atoms with van der Waals surface area (Å²) in [4.78, 5) is 55.8. The molecule has 1 saturated carbocycles. The summed E-state index contributed by atoms with van der Waals surface area (Å²) in [7, 11) is 5.61. The van der Waals surface area contributed by atoms with Crippen LogP contribution in [0.5, 0.6) is 0 Å². The molecule has 1 fully saturated rings. The first-order valence-corrected chi connectivity index (χ1v) is 21.6. The quantitative estimate of drug-likeness (QED) is 0.0491. The Morgan fingerprint density at radius 2 is 1.25 bits per heavy atom. The first-order valence-electron chi connectivity index (χ1n) is 21.6. The Hall–Kier alpha value is -6.65. The standard InChI is InChI=1S/C14H18N2O4.C12H13N2O2.C10H17N2O2.C6H9N2O.2CH3BF3.CH4.ClH/c17-14(15-12-7-2-1-3-8-12)20-10-11-6-4-5-9-13(11)16(18)19;1-13-7-8-14(10-13)12(15)16-9-11-5-3-2-4-6-11;1-8-11(5)6-7-12(8)9(13)14-10(2,3)4;1-6(9)8-4-3-7(2)5-8;2*1-2(3,4)5;;/h4-6,9,12H,1-3,7-8,10H2,(H,15,17);2-8,10H,9H2,1H3;6-7H,1-5H3;3-5H,1-2H3;2*1H3;1H4;1H/q;3*+1;2*-1;;/p-1. The number of rotatable bonds is 6. The zero-order chi connectivity index (χ0) is 52.5. The summed E-state index contributed by atoms with van der Waals surface area (Å²) in [6, 6.07) is 16.0. The molecule has 396 valence electrons. The number of nitro groups is 1. The van der Waals surface area contributed by atoms with Crippen LogP contribution in [0, 0.1) is 17.0 Å². The van der Waals surface area contributed by atoms with Crippen molar-refractivity contribution < 1.29 is 90.3 Å². The molecule has 2 aromatic carbocycles. The van der Waals surface area contributed by atoms with E-state index in [-0.39, 0.29) is 69.9 Å². The predicted octanol–water partition coefficient (Wildman–Crippen LogP) is 6.60. The maximum absolute atomic E-state index is 11.7. The van der Waals surface area contributed by atoms with Crippen molar-refractivity contribution >= 4 is 43.8 Å². The molecule has 0 spiro atoms. The maximum atomic E-state index is 11.7. The van der Waals surface area contributed by atoms with E-state index in [0.717, 1.165) is 37.1 Å². The number of hydrogen-bond donors (Lipinski definition) is 1. The number of carbonyl (C=O) groups is 4. The number of aryl methyl sites for hydroxylation is 3. The fourth-order valence-electron chi connectivity index (χ4n) is 5.45. The number of halogens is 7. The average Bonchev–Trinajstić information content (AvgIpc) is 3.98. The molecule has 1 aliphatic carbocycles. The van der Waals surface area contributed by atoms with Gasteiger partial charge in [-0.1, -0.05) is 82.8 Å². The van der Waals surface area contributed by atoms with E-state index in [0.29, 0.717) is 12.2 Å². The van der Waals surface area contributed by atoms with Crippen molar-refractivity contribution in [3.05, 3.63) is 131 Å². The smallest absolute Gasteiger partial charge is 0.512 e. The van der Waals surface area contributed by atoms with Gasteiger partial charge >= 0.3 is 38.1 Å². The van der Waals surface area contributed by atoms with E-state index in [1.165, 1.54) is 33.1 Å². The Balaban J connectivity index is 0. The van der Waals surface area contributed by atoms with Crippen LogP contribution in [0.4, 0.5) is 46.0 Å². The van der Waals surface area contributed by atoms with Crippen molar-refractivity contribution in [3.63, 3.8) is 0 Å². The Labute approximate surface area is 417 Å². The summed E-state index contributed by atoms with van der Waals surface area (Å²) < 4.78 is 87.8. The molecule has 1 aliphatic rings. The summed E-state index contributed by atoms with van der Waals surface area (Å²) in [6.07, 6.45) is 18.1. The van der Waals surface area contributed by atoms with E-state index in [4.69, 9.17) is 14.2 Å². The van der Waals surface area contributed by atoms with Gasteiger partial charge in [0.05, 0.1) is 31.6 Å². The summed E-state index contributed by atoms with van der Waals surface area (Å²) in [5.74, 6) is 0.884.